The van der Waals surface area contributed by atoms with Crippen LogP contribution in [-0.2, 0) is 6.42 Å². The van der Waals surface area contributed by atoms with Gasteiger partial charge in [-0.1, -0.05) is 30.3 Å². The Morgan fingerprint density at radius 2 is 2.00 bits per heavy atom. The molecule has 1 aliphatic rings. The van der Waals surface area contributed by atoms with Gasteiger partial charge in [-0.25, -0.2) is 0 Å². The number of aliphatic hydroxyl groups is 1. The number of carbonyl (C=O) groups is 1. The second kappa shape index (κ2) is 6.15. The quantitative estimate of drug-likeness (QED) is 0.771. The molecule has 0 saturated carbocycles. The molecule has 1 aliphatic heterocycles. The van der Waals surface area contributed by atoms with Crippen molar-refractivity contribution in [3.63, 3.8) is 0 Å². The molecule has 0 spiro atoms. The van der Waals surface area contributed by atoms with Gasteiger partial charge in [0.1, 0.15) is 6.10 Å². The molecule has 2 aromatic carbocycles. The summed E-state index contributed by atoms with van der Waals surface area (Å²) < 4.78 is 1.02. The summed E-state index contributed by atoms with van der Waals surface area (Å²) >= 11 is 2.22. The van der Waals surface area contributed by atoms with Gasteiger partial charge in [0.2, 0.25) is 0 Å². The molecule has 0 radical (unpaired) electrons. The van der Waals surface area contributed by atoms with E-state index in [0.717, 1.165) is 33.1 Å². The van der Waals surface area contributed by atoms with Crippen LogP contribution in [0.3, 0.4) is 0 Å². The van der Waals surface area contributed by atoms with Gasteiger partial charge in [0, 0.05) is 15.7 Å². The summed E-state index contributed by atoms with van der Waals surface area (Å²) in [6, 6.07) is 13.5. The minimum atomic E-state index is -0.709. The molecule has 108 valence electrons. The maximum absolute atomic E-state index is 12.1. The molecule has 0 fully saturated rings. The molecule has 3 nitrogen and oxygen atoms in total. The molecule has 3 rings (SSSR count). The van der Waals surface area contributed by atoms with Crippen molar-refractivity contribution in [2.24, 2.45) is 0 Å². The van der Waals surface area contributed by atoms with Crippen molar-refractivity contribution in [1.82, 2.24) is 5.32 Å². The van der Waals surface area contributed by atoms with Gasteiger partial charge in [-0.3, -0.25) is 4.79 Å². The van der Waals surface area contributed by atoms with Crippen LogP contribution in [0.2, 0.25) is 0 Å². The summed E-state index contributed by atoms with van der Waals surface area (Å²) in [5.74, 6) is -0.0423. The summed E-state index contributed by atoms with van der Waals surface area (Å²) in [4.78, 5) is 12.1. The number of hydrogen-bond acceptors (Lipinski definition) is 2. The van der Waals surface area contributed by atoms with E-state index in [1.165, 1.54) is 0 Å². The lowest BCUT2D eigenvalue weighted by atomic mass is 9.95. The Balaban J connectivity index is 2.00. The highest BCUT2D eigenvalue weighted by Gasteiger charge is 2.19. The van der Waals surface area contributed by atoms with Crippen molar-refractivity contribution >= 4 is 28.5 Å². The first kappa shape index (κ1) is 14.5. The number of nitrogens with one attached hydrogen (secondary N) is 1. The first-order chi connectivity index (χ1) is 10.2. The molecular weight excluding hydrogens is 377 g/mol. The normalized spacial score (nSPS) is 15.8. The predicted octanol–water partition coefficient (Wildman–Crippen LogP) is 3.05. The van der Waals surface area contributed by atoms with Gasteiger partial charge in [-0.05, 0) is 64.3 Å². The minimum Gasteiger partial charge on any atom is -0.384 e. The maximum atomic E-state index is 12.1. The molecule has 2 N–H and O–H groups in total. The van der Waals surface area contributed by atoms with E-state index in [1.54, 1.807) is 0 Å². The summed E-state index contributed by atoms with van der Waals surface area (Å²) in [6.45, 7) is 0.710. The maximum Gasteiger partial charge on any atom is 0.251 e. The lowest BCUT2D eigenvalue weighted by molar-refractivity contribution is 0.0956. The molecular formula is C17H16INO2. The van der Waals surface area contributed by atoms with Gasteiger partial charge in [-0.15, -0.1) is 0 Å². The summed E-state index contributed by atoms with van der Waals surface area (Å²) in [7, 11) is 0. The number of rotatable bonds is 2. The van der Waals surface area contributed by atoms with E-state index in [2.05, 4.69) is 27.9 Å². The summed E-state index contributed by atoms with van der Waals surface area (Å²) in [6.07, 6.45) is 1.14. The Morgan fingerprint density at radius 1 is 1.19 bits per heavy atom. The van der Waals surface area contributed by atoms with Crippen LogP contribution < -0.4 is 5.32 Å². The van der Waals surface area contributed by atoms with E-state index >= 15 is 0 Å². The molecule has 0 aromatic heterocycles. The average molecular weight is 393 g/mol. The lowest BCUT2D eigenvalue weighted by Crippen LogP contribution is -2.22. The smallest absolute Gasteiger partial charge is 0.251 e. The highest BCUT2D eigenvalue weighted by atomic mass is 127. The third-order valence-electron chi connectivity index (χ3n) is 3.80. The van der Waals surface area contributed by atoms with E-state index in [-0.39, 0.29) is 5.91 Å². The second-order valence-corrected chi connectivity index (χ2v) is 6.36. The fourth-order valence-electron chi connectivity index (χ4n) is 2.65. The van der Waals surface area contributed by atoms with E-state index in [9.17, 15) is 9.90 Å². The molecule has 0 bridgehead atoms. The van der Waals surface area contributed by atoms with Crippen molar-refractivity contribution in [1.29, 1.82) is 0 Å². The van der Waals surface area contributed by atoms with E-state index < -0.39 is 6.10 Å². The number of hydrogen-bond donors (Lipinski definition) is 2. The fraction of sp³-hybridized carbons (Fsp3) is 0.235. The number of aryl methyl sites for hydroxylation is 1. The van der Waals surface area contributed by atoms with Crippen LogP contribution in [0.4, 0.5) is 0 Å². The van der Waals surface area contributed by atoms with Gasteiger partial charge >= 0.3 is 0 Å². The standard InChI is InChI=1S/C17H16INO2/c18-15-6-2-1-5-13(15)16(20)12-8-7-11-4-3-9-19-17(21)14(11)10-12/h1-2,5-8,10,16,20H,3-4,9H2,(H,19,21). The highest BCUT2D eigenvalue weighted by Crippen LogP contribution is 2.28. The van der Waals surface area contributed by atoms with Gasteiger partial charge in [-0.2, -0.15) is 0 Å². The second-order valence-electron chi connectivity index (χ2n) is 5.20. The third-order valence-corrected chi connectivity index (χ3v) is 4.78. The molecule has 21 heavy (non-hydrogen) atoms. The number of amides is 1. The number of aliphatic hydroxyl groups excluding tert-OH is 1. The van der Waals surface area contributed by atoms with Crippen LogP contribution in [0, 0.1) is 3.57 Å². The molecule has 2 aromatic rings. The third kappa shape index (κ3) is 2.96. The van der Waals surface area contributed by atoms with Crippen molar-refractivity contribution in [3.8, 4) is 0 Å². The van der Waals surface area contributed by atoms with Crippen LogP contribution in [-0.4, -0.2) is 17.6 Å². The Bertz CT molecular complexity index is 684. The first-order valence-corrected chi connectivity index (χ1v) is 8.08. The Morgan fingerprint density at radius 3 is 2.81 bits per heavy atom. The van der Waals surface area contributed by atoms with Crippen LogP contribution in [0.5, 0.6) is 0 Å². The highest BCUT2D eigenvalue weighted by molar-refractivity contribution is 14.1. The topological polar surface area (TPSA) is 49.3 Å². The van der Waals surface area contributed by atoms with Crippen molar-refractivity contribution in [3.05, 3.63) is 68.3 Å². The molecule has 0 aliphatic carbocycles. The van der Waals surface area contributed by atoms with Gasteiger partial charge in [0.25, 0.3) is 5.91 Å². The zero-order valence-electron chi connectivity index (χ0n) is 11.5. The zero-order chi connectivity index (χ0) is 14.8. The van der Waals surface area contributed by atoms with Crippen LogP contribution in [0.15, 0.2) is 42.5 Å². The van der Waals surface area contributed by atoms with Crippen molar-refractivity contribution in [2.75, 3.05) is 6.54 Å². The summed E-state index contributed by atoms with van der Waals surface area (Å²) in [5, 5.41) is 13.5. The van der Waals surface area contributed by atoms with E-state index in [1.807, 2.05) is 42.5 Å². The monoisotopic (exact) mass is 393 g/mol. The summed E-state index contributed by atoms with van der Waals surface area (Å²) in [5.41, 5.74) is 3.38. The van der Waals surface area contributed by atoms with Gasteiger partial charge in [0.05, 0.1) is 0 Å². The van der Waals surface area contributed by atoms with Crippen LogP contribution in [0.25, 0.3) is 0 Å². The molecule has 1 atom stereocenters. The molecule has 1 heterocycles. The molecule has 1 unspecified atom stereocenters. The van der Waals surface area contributed by atoms with Gasteiger partial charge < -0.3 is 10.4 Å². The number of benzene rings is 2. The first-order valence-electron chi connectivity index (χ1n) is 7.00. The molecule has 1 amide bonds. The zero-order valence-corrected chi connectivity index (χ0v) is 13.6. The largest absolute Gasteiger partial charge is 0.384 e. The van der Waals surface area contributed by atoms with E-state index in [0.29, 0.717) is 12.1 Å². The fourth-order valence-corrected chi connectivity index (χ4v) is 3.33. The van der Waals surface area contributed by atoms with Crippen LogP contribution in [0.1, 0.15) is 39.6 Å². The van der Waals surface area contributed by atoms with E-state index in [4.69, 9.17) is 0 Å². The Kier molecular flexibility index (Phi) is 4.26. The van der Waals surface area contributed by atoms with Gasteiger partial charge in [0.15, 0.2) is 0 Å². The molecule has 0 saturated heterocycles. The minimum absolute atomic E-state index is 0.0423. The van der Waals surface area contributed by atoms with Crippen molar-refractivity contribution < 1.29 is 9.90 Å². The number of carbonyl (C=O) groups excluding carboxylic acids is 1. The molecule has 4 heteroatoms. The lowest BCUT2D eigenvalue weighted by Gasteiger charge is -2.15. The van der Waals surface area contributed by atoms with Crippen LogP contribution >= 0.6 is 22.6 Å². The Hall–Kier alpha value is -1.40. The number of halogens is 1. The number of fused-ring (bicyclic) bond motifs is 1. The average Bonchev–Trinajstić information content (AvgIpc) is 2.69. The van der Waals surface area contributed by atoms with Crippen molar-refractivity contribution in [2.45, 2.75) is 18.9 Å². The SMILES string of the molecule is O=C1NCCCc2ccc(C(O)c3ccccc3I)cc21. The predicted molar refractivity (Wildman–Crippen MR) is 90.3 cm³/mol. The Labute approximate surface area is 137 Å².